The standard InChI is InChI=1S/C19H15ClN2O6S2/c1-2-3-14(18(24)25)21-17(23)16(30-19(21)29)9-11-5-7-15(28-11)12-6-4-10(22(26)27)8-13(12)20/h4-9,14H,2-3H2,1H3,(H,24,25)/b16-9+/t14-/m1/s1. The van der Waals surface area contributed by atoms with Gasteiger partial charge in [0.25, 0.3) is 11.6 Å². The maximum Gasteiger partial charge on any atom is 0.326 e. The van der Waals surface area contributed by atoms with Crippen LogP contribution in [0.3, 0.4) is 0 Å². The van der Waals surface area contributed by atoms with E-state index in [1.54, 1.807) is 12.1 Å². The van der Waals surface area contributed by atoms with Crippen LogP contribution in [0.5, 0.6) is 0 Å². The second-order valence-electron chi connectivity index (χ2n) is 6.32. The molecular formula is C19H15ClN2O6S2. The van der Waals surface area contributed by atoms with Crippen molar-refractivity contribution in [2.24, 2.45) is 0 Å². The minimum absolute atomic E-state index is 0.140. The summed E-state index contributed by atoms with van der Waals surface area (Å²) < 4.78 is 5.89. The number of amides is 1. The predicted octanol–water partition coefficient (Wildman–Crippen LogP) is 4.96. The second kappa shape index (κ2) is 8.99. The average Bonchev–Trinajstić information content (AvgIpc) is 3.24. The number of rotatable bonds is 7. The Bertz CT molecular complexity index is 1080. The van der Waals surface area contributed by atoms with Gasteiger partial charge in [0, 0.05) is 23.8 Å². The molecule has 1 fully saturated rings. The van der Waals surface area contributed by atoms with Crippen molar-refractivity contribution in [2.45, 2.75) is 25.8 Å². The molecule has 1 aliphatic rings. The lowest BCUT2D eigenvalue weighted by Gasteiger charge is -2.22. The molecule has 1 N–H and O–H groups in total. The fraction of sp³-hybridized carbons (Fsp3) is 0.211. The molecule has 0 spiro atoms. The number of hydrogen-bond donors (Lipinski definition) is 1. The lowest BCUT2D eigenvalue weighted by molar-refractivity contribution is -0.384. The van der Waals surface area contributed by atoms with Crippen LogP contribution >= 0.6 is 35.6 Å². The van der Waals surface area contributed by atoms with Crippen LogP contribution in [0, 0.1) is 10.1 Å². The van der Waals surface area contributed by atoms with Gasteiger partial charge in [0.1, 0.15) is 21.9 Å². The molecule has 2 heterocycles. The molecule has 0 aliphatic carbocycles. The number of hydrogen-bond acceptors (Lipinski definition) is 7. The van der Waals surface area contributed by atoms with Gasteiger partial charge in [-0.2, -0.15) is 0 Å². The minimum Gasteiger partial charge on any atom is -0.480 e. The number of nitrogens with zero attached hydrogens (tertiary/aromatic N) is 2. The van der Waals surface area contributed by atoms with Gasteiger partial charge >= 0.3 is 5.97 Å². The topological polar surface area (TPSA) is 114 Å². The van der Waals surface area contributed by atoms with Crippen LogP contribution in [0.4, 0.5) is 5.69 Å². The van der Waals surface area contributed by atoms with E-state index < -0.39 is 22.8 Å². The molecule has 1 amide bonds. The first-order valence-electron chi connectivity index (χ1n) is 8.77. The van der Waals surface area contributed by atoms with E-state index in [4.69, 9.17) is 28.2 Å². The molecule has 11 heteroatoms. The van der Waals surface area contributed by atoms with Gasteiger partial charge in [-0.3, -0.25) is 19.8 Å². The molecule has 3 rings (SSSR count). The van der Waals surface area contributed by atoms with E-state index in [1.807, 2.05) is 6.92 Å². The Morgan fingerprint density at radius 1 is 1.43 bits per heavy atom. The van der Waals surface area contributed by atoms with Crippen molar-refractivity contribution in [3.05, 3.63) is 56.1 Å². The predicted molar refractivity (Wildman–Crippen MR) is 117 cm³/mol. The van der Waals surface area contributed by atoms with Crippen LogP contribution in [0.15, 0.2) is 39.7 Å². The SMILES string of the molecule is CCC[C@H](C(=O)O)N1C(=O)/C(=C\c2ccc(-c3ccc([N+](=O)[O-])cc3Cl)o2)SC1=S. The first kappa shape index (κ1) is 22.0. The normalized spacial score (nSPS) is 16.3. The third-order valence-electron chi connectivity index (χ3n) is 4.31. The summed E-state index contributed by atoms with van der Waals surface area (Å²) in [6.07, 6.45) is 2.36. The molecule has 30 heavy (non-hydrogen) atoms. The zero-order valence-electron chi connectivity index (χ0n) is 15.5. The van der Waals surface area contributed by atoms with Crippen molar-refractivity contribution in [3.8, 4) is 11.3 Å². The van der Waals surface area contributed by atoms with Crippen molar-refractivity contribution in [3.63, 3.8) is 0 Å². The lowest BCUT2D eigenvalue weighted by atomic mass is 10.1. The summed E-state index contributed by atoms with van der Waals surface area (Å²) in [5, 5.41) is 20.4. The van der Waals surface area contributed by atoms with Crippen LogP contribution in [0.25, 0.3) is 17.4 Å². The van der Waals surface area contributed by atoms with Crippen molar-refractivity contribution in [1.82, 2.24) is 4.90 Å². The van der Waals surface area contributed by atoms with Gasteiger partial charge in [0.05, 0.1) is 14.9 Å². The number of nitro benzene ring substituents is 1. The summed E-state index contributed by atoms with van der Waals surface area (Å²) in [7, 11) is 0. The Labute approximate surface area is 185 Å². The van der Waals surface area contributed by atoms with Gasteiger partial charge in [0.15, 0.2) is 0 Å². The number of halogens is 1. The summed E-state index contributed by atoms with van der Waals surface area (Å²) in [5.41, 5.74) is 0.322. The van der Waals surface area contributed by atoms with Crippen LogP contribution in [0.2, 0.25) is 5.02 Å². The van der Waals surface area contributed by atoms with Crippen LogP contribution in [-0.4, -0.2) is 37.2 Å². The molecule has 2 aromatic rings. The Kier molecular flexibility index (Phi) is 6.59. The van der Waals surface area contributed by atoms with Crippen LogP contribution in [-0.2, 0) is 9.59 Å². The van der Waals surface area contributed by atoms with Gasteiger partial charge in [-0.15, -0.1) is 0 Å². The number of non-ortho nitro benzene ring substituents is 1. The average molecular weight is 467 g/mol. The van der Waals surface area contributed by atoms with Gasteiger partial charge in [0.2, 0.25) is 0 Å². The number of carbonyl (C=O) groups excluding carboxylic acids is 1. The number of carboxylic acid groups (broad SMARTS) is 1. The van der Waals surface area contributed by atoms with E-state index in [9.17, 15) is 24.8 Å². The maximum absolute atomic E-state index is 12.7. The lowest BCUT2D eigenvalue weighted by Crippen LogP contribution is -2.43. The van der Waals surface area contributed by atoms with Crippen molar-refractivity contribution in [2.75, 3.05) is 0 Å². The molecule has 0 saturated carbocycles. The van der Waals surface area contributed by atoms with Crippen LogP contribution in [0.1, 0.15) is 25.5 Å². The highest BCUT2D eigenvalue weighted by molar-refractivity contribution is 8.26. The Morgan fingerprint density at radius 2 is 2.17 bits per heavy atom. The van der Waals surface area contributed by atoms with E-state index in [0.717, 1.165) is 16.7 Å². The molecule has 1 atom stereocenters. The molecule has 0 unspecified atom stereocenters. The second-order valence-corrected chi connectivity index (χ2v) is 8.40. The largest absolute Gasteiger partial charge is 0.480 e. The summed E-state index contributed by atoms with van der Waals surface area (Å²) in [4.78, 5) is 35.9. The minimum atomic E-state index is -1.11. The van der Waals surface area contributed by atoms with E-state index in [2.05, 4.69) is 0 Å². The molecule has 1 aromatic carbocycles. The molecule has 1 saturated heterocycles. The third kappa shape index (κ3) is 4.40. The number of carboxylic acids is 1. The molecule has 1 aromatic heterocycles. The molecular weight excluding hydrogens is 452 g/mol. The summed E-state index contributed by atoms with van der Waals surface area (Å²) in [5.74, 6) is -0.895. The Morgan fingerprint density at radius 3 is 2.77 bits per heavy atom. The van der Waals surface area contributed by atoms with Gasteiger partial charge in [-0.25, -0.2) is 4.79 Å². The maximum atomic E-state index is 12.7. The third-order valence-corrected chi connectivity index (χ3v) is 5.95. The molecule has 0 radical (unpaired) electrons. The number of benzene rings is 1. The van der Waals surface area contributed by atoms with Gasteiger partial charge < -0.3 is 9.52 Å². The molecule has 1 aliphatic heterocycles. The number of thioether (sulfide) groups is 1. The first-order chi connectivity index (χ1) is 14.2. The smallest absolute Gasteiger partial charge is 0.326 e. The van der Waals surface area contributed by atoms with Gasteiger partial charge in [-0.1, -0.05) is 48.9 Å². The highest BCUT2D eigenvalue weighted by Gasteiger charge is 2.40. The highest BCUT2D eigenvalue weighted by Crippen LogP contribution is 2.37. The Balaban J connectivity index is 1.86. The first-order valence-corrected chi connectivity index (χ1v) is 10.4. The molecule has 156 valence electrons. The van der Waals surface area contributed by atoms with E-state index >= 15 is 0 Å². The van der Waals surface area contributed by atoms with Gasteiger partial charge in [-0.05, 0) is 24.6 Å². The van der Waals surface area contributed by atoms with Crippen molar-refractivity contribution in [1.29, 1.82) is 0 Å². The van der Waals surface area contributed by atoms with Crippen molar-refractivity contribution < 1.29 is 24.0 Å². The number of aliphatic carboxylic acids is 1. The highest BCUT2D eigenvalue weighted by atomic mass is 35.5. The van der Waals surface area contributed by atoms with E-state index in [1.165, 1.54) is 24.3 Å². The van der Waals surface area contributed by atoms with Crippen molar-refractivity contribution >= 4 is 63.5 Å². The fourth-order valence-corrected chi connectivity index (χ4v) is 4.51. The summed E-state index contributed by atoms with van der Waals surface area (Å²) in [6, 6.07) is 6.24. The number of nitro groups is 1. The zero-order valence-corrected chi connectivity index (χ0v) is 17.9. The number of carbonyl (C=O) groups is 2. The zero-order chi connectivity index (χ0) is 22.0. The summed E-state index contributed by atoms with van der Waals surface area (Å²) >= 11 is 12.3. The van der Waals surface area contributed by atoms with Crippen LogP contribution < -0.4 is 0 Å². The quantitative estimate of drug-likeness (QED) is 0.263. The summed E-state index contributed by atoms with van der Waals surface area (Å²) in [6.45, 7) is 1.83. The monoisotopic (exact) mass is 466 g/mol. The number of thiocarbonyl (C=S) groups is 1. The molecule has 0 bridgehead atoms. The van der Waals surface area contributed by atoms with E-state index in [0.29, 0.717) is 29.9 Å². The number of furan rings is 1. The molecule has 8 nitrogen and oxygen atoms in total. The fourth-order valence-electron chi connectivity index (χ4n) is 2.91. The Hall–Kier alpha value is -2.69. The van der Waals surface area contributed by atoms with E-state index in [-0.39, 0.29) is 19.9 Å².